The molecule has 0 fully saturated rings. The van der Waals surface area contributed by atoms with E-state index in [1.165, 1.54) is 0 Å². The molecule has 0 aromatic heterocycles. The Morgan fingerprint density at radius 1 is 1.40 bits per heavy atom. The van der Waals surface area contributed by atoms with E-state index in [1.807, 2.05) is 6.92 Å². The van der Waals surface area contributed by atoms with E-state index in [2.05, 4.69) is 6.58 Å². The summed E-state index contributed by atoms with van der Waals surface area (Å²) < 4.78 is 15.4. The van der Waals surface area contributed by atoms with Gasteiger partial charge in [-0.05, 0) is 12.8 Å². The van der Waals surface area contributed by atoms with Gasteiger partial charge >= 0.3 is 5.97 Å². The lowest BCUT2D eigenvalue weighted by Crippen LogP contribution is -2.33. The quantitative estimate of drug-likeness (QED) is 0.269. The van der Waals surface area contributed by atoms with Crippen LogP contribution in [-0.4, -0.2) is 32.6 Å². The summed E-state index contributed by atoms with van der Waals surface area (Å²) in [4.78, 5) is 10.7. The molecule has 0 atom stereocenters. The number of carbonyl (C=O) groups excluding carboxylic acids is 1. The van der Waals surface area contributed by atoms with Crippen LogP contribution in [0.4, 0.5) is 0 Å². The van der Waals surface area contributed by atoms with Crippen LogP contribution in [0.25, 0.3) is 0 Å². The summed E-state index contributed by atoms with van der Waals surface area (Å²) in [6.45, 7) is 5.66. The maximum absolute atomic E-state index is 10.7. The predicted molar refractivity (Wildman–Crippen MR) is 57.4 cm³/mol. The Labute approximate surface area is 91.2 Å². The Morgan fingerprint density at radius 3 is 2.40 bits per heavy atom. The fraction of sp³-hybridized carbons (Fsp3) is 0.727. The molecule has 0 amide bonds. The van der Waals surface area contributed by atoms with Crippen LogP contribution in [0.2, 0.25) is 0 Å². The number of rotatable bonds is 8. The van der Waals surface area contributed by atoms with Gasteiger partial charge in [0.2, 0.25) is 0 Å². The number of esters is 1. The van der Waals surface area contributed by atoms with Gasteiger partial charge in [-0.3, -0.25) is 0 Å². The second kappa shape index (κ2) is 7.43. The lowest BCUT2D eigenvalue weighted by molar-refractivity contribution is -0.214. The van der Waals surface area contributed by atoms with Crippen LogP contribution in [0.15, 0.2) is 12.7 Å². The molecule has 0 radical (unpaired) electrons. The van der Waals surface area contributed by atoms with E-state index in [-0.39, 0.29) is 0 Å². The molecule has 0 saturated carbocycles. The molecule has 0 aliphatic carbocycles. The molecule has 4 nitrogen and oxygen atoms in total. The van der Waals surface area contributed by atoms with Crippen molar-refractivity contribution in [3.63, 3.8) is 0 Å². The summed E-state index contributed by atoms with van der Waals surface area (Å²) in [5, 5.41) is 0. The van der Waals surface area contributed by atoms with Gasteiger partial charge in [0, 0.05) is 26.7 Å². The summed E-state index contributed by atoms with van der Waals surface area (Å²) in [5.74, 6) is -0.951. The first-order valence-corrected chi connectivity index (χ1v) is 5.03. The number of carbonyl (C=O) groups is 1. The Balaban J connectivity index is 3.81. The maximum Gasteiger partial charge on any atom is 0.330 e. The van der Waals surface area contributed by atoms with Crippen LogP contribution in [0.5, 0.6) is 0 Å². The van der Waals surface area contributed by atoms with Crippen molar-refractivity contribution in [2.75, 3.05) is 20.8 Å². The molecule has 0 bridgehead atoms. The average molecular weight is 216 g/mol. The van der Waals surface area contributed by atoms with Gasteiger partial charge in [-0.25, -0.2) is 4.79 Å². The molecule has 0 aromatic rings. The summed E-state index contributed by atoms with van der Waals surface area (Å²) in [5.41, 5.74) is 0. The third-order valence-electron chi connectivity index (χ3n) is 2.40. The van der Waals surface area contributed by atoms with Gasteiger partial charge in [-0.15, -0.1) is 0 Å². The van der Waals surface area contributed by atoms with Gasteiger partial charge in [0.15, 0.2) is 5.79 Å². The molecule has 0 N–H and O–H groups in total. The predicted octanol–water partition coefficient (Wildman–Crippen LogP) is 1.89. The summed E-state index contributed by atoms with van der Waals surface area (Å²) >= 11 is 0. The molecule has 4 heteroatoms. The highest BCUT2D eigenvalue weighted by molar-refractivity contribution is 5.81. The number of hydrogen-bond acceptors (Lipinski definition) is 4. The lowest BCUT2D eigenvalue weighted by atomic mass is 10.1. The second-order valence-electron chi connectivity index (χ2n) is 3.15. The summed E-state index contributed by atoms with van der Waals surface area (Å²) in [7, 11) is 3.23. The summed E-state index contributed by atoms with van der Waals surface area (Å²) in [6.07, 6.45) is 3.31. The molecule has 0 aliphatic rings. The topological polar surface area (TPSA) is 44.8 Å². The van der Waals surface area contributed by atoms with Crippen molar-refractivity contribution >= 4 is 5.97 Å². The third kappa shape index (κ3) is 4.95. The largest absolute Gasteiger partial charge is 0.463 e. The molecule has 0 spiro atoms. The van der Waals surface area contributed by atoms with E-state index in [0.717, 1.165) is 12.5 Å². The standard InChI is InChI=1S/C11H20O4/c1-5-10(12)15-9-7-8-11(6-2,13-3)14-4/h5H,1,6-9H2,2-4H3. The van der Waals surface area contributed by atoms with E-state index >= 15 is 0 Å². The van der Waals surface area contributed by atoms with Crippen molar-refractivity contribution in [2.45, 2.75) is 32.0 Å². The molecular weight excluding hydrogens is 196 g/mol. The molecule has 0 heterocycles. The van der Waals surface area contributed by atoms with Gasteiger partial charge in [-0.1, -0.05) is 13.5 Å². The number of ether oxygens (including phenoxy) is 3. The smallest absolute Gasteiger partial charge is 0.330 e. The first-order valence-electron chi connectivity index (χ1n) is 5.03. The highest BCUT2D eigenvalue weighted by atomic mass is 16.7. The molecule has 0 rings (SSSR count). The third-order valence-corrected chi connectivity index (χ3v) is 2.40. The van der Waals surface area contributed by atoms with Gasteiger partial charge < -0.3 is 14.2 Å². The van der Waals surface area contributed by atoms with Gasteiger partial charge in [0.05, 0.1) is 6.61 Å². The zero-order valence-corrected chi connectivity index (χ0v) is 9.75. The monoisotopic (exact) mass is 216 g/mol. The Kier molecular flexibility index (Phi) is 6.99. The van der Waals surface area contributed by atoms with Crippen LogP contribution in [0.1, 0.15) is 26.2 Å². The van der Waals surface area contributed by atoms with E-state index in [1.54, 1.807) is 14.2 Å². The SMILES string of the molecule is C=CC(=O)OCCCC(CC)(OC)OC. The van der Waals surface area contributed by atoms with Crippen molar-refractivity contribution in [1.29, 1.82) is 0 Å². The zero-order chi connectivity index (χ0) is 11.7. The van der Waals surface area contributed by atoms with Crippen molar-refractivity contribution in [2.24, 2.45) is 0 Å². The highest BCUT2D eigenvalue weighted by Gasteiger charge is 2.26. The van der Waals surface area contributed by atoms with Crippen molar-refractivity contribution < 1.29 is 19.0 Å². The molecule has 0 aliphatic heterocycles. The van der Waals surface area contributed by atoms with Crippen LogP contribution >= 0.6 is 0 Å². The minimum Gasteiger partial charge on any atom is -0.463 e. The van der Waals surface area contributed by atoms with Crippen LogP contribution in [-0.2, 0) is 19.0 Å². The zero-order valence-electron chi connectivity index (χ0n) is 9.75. The molecule has 15 heavy (non-hydrogen) atoms. The number of hydrogen-bond donors (Lipinski definition) is 0. The van der Waals surface area contributed by atoms with Gasteiger partial charge in [0.1, 0.15) is 0 Å². The Bertz CT molecular complexity index is 188. The average Bonchev–Trinajstić information content (AvgIpc) is 2.30. The minimum absolute atomic E-state index is 0.360. The van der Waals surface area contributed by atoms with Gasteiger partial charge in [-0.2, -0.15) is 0 Å². The minimum atomic E-state index is -0.555. The Morgan fingerprint density at radius 2 is 2.00 bits per heavy atom. The van der Waals surface area contributed by atoms with Crippen LogP contribution in [0.3, 0.4) is 0 Å². The van der Waals surface area contributed by atoms with E-state index in [9.17, 15) is 4.79 Å². The molecule has 0 saturated heterocycles. The molecule has 88 valence electrons. The van der Waals surface area contributed by atoms with Crippen molar-refractivity contribution in [3.05, 3.63) is 12.7 Å². The fourth-order valence-electron chi connectivity index (χ4n) is 1.33. The fourth-order valence-corrected chi connectivity index (χ4v) is 1.33. The Hall–Kier alpha value is -0.870. The molecule has 0 aromatic carbocycles. The first kappa shape index (κ1) is 14.1. The maximum atomic E-state index is 10.7. The highest BCUT2D eigenvalue weighted by Crippen LogP contribution is 2.22. The normalized spacial score (nSPS) is 11.1. The van der Waals surface area contributed by atoms with E-state index in [4.69, 9.17) is 14.2 Å². The van der Waals surface area contributed by atoms with Crippen molar-refractivity contribution in [3.8, 4) is 0 Å². The molecule has 0 unspecified atom stereocenters. The van der Waals surface area contributed by atoms with Crippen LogP contribution < -0.4 is 0 Å². The van der Waals surface area contributed by atoms with E-state index < -0.39 is 11.8 Å². The lowest BCUT2D eigenvalue weighted by Gasteiger charge is -2.29. The van der Waals surface area contributed by atoms with Gasteiger partial charge in [0.25, 0.3) is 0 Å². The number of methoxy groups -OCH3 is 2. The van der Waals surface area contributed by atoms with E-state index in [0.29, 0.717) is 19.4 Å². The summed E-state index contributed by atoms with van der Waals surface area (Å²) in [6, 6.07) is 0. The van der Waals surface area contributed by atoms with Crippen LogP contribution in [0, 0.1) is 0 Å². The molecular formula is C11H20O4. The second-order valence-corrected chi connectivity index (χ2v) is 3.15. The van der Waals surface area contributed by atoms with Crippen molar-refractivity contribution in [1.82, 2.24) is 0 Å². The first-order chi connectivity index (χ1) is 7.14.